The molecular formula is C39H34N4O2Pt. The summed E-state index contributed by atoms with van der Waals surface area (Å²) in [6.07, 6.45) is 0. The van der Waals surface area contributed by atoms with Crippen LogP contribution in [0, 0.1) is 12.1 Å². The molecule has 7 heteroatoms. The van der Waals surface area contributed by atoms with Crippen LogP contribution in [0.1, 0.15) is 76.2 Å². The molecule has 6 nitrogen and oxygen atoms in total. The first-order chi connectivity index (χ1) is 21.7. The van der Waals surface area contributed by atoms with Gasteiger partial charge in [-0.25, -0.2) is 0 Å². The quantitative estimate of drug-likeness (QED) is 0.158. The summed E-state index contributed by atoms with van der Waals surface area (Å²) in [6.45, 7) is 13.2. The molecule has 0 atom stereocenters. The average molecular weight is 786 g/mol. The van der Waals surface area contributed by atoms with Gasteiger partial charge in [-0.1, -0.05) is 74.9 Å². The number of aromatic nitrogens is 4. The van der Waals surface area contributed by atoms with Gasteiger partial charge in [0.05, 0.1) is 16.8 Å². The zero-order valence-corrected chi connectivity index (χ0v) is 28.9. The molecule has 232 valence electrons. The minimum Gasteiger partial charge on any atom is -0.516 e. The van der Waals surface area contributed by atoms with Crippen molar-refractivity contribution in [2.45, 2.75) is 58.8 Å². The second-order valence-electron chi connectivity index (χ2n) is 13.1. The van der Waals surface area contributed by atoms with Crippen LogP contribution in [0.25, 0.3) is 55.3 Å². The van der Waals surface area contributed by atoms with Gasteiger partial charge >= 0.3 is 21.1 Å². The number of furan rings is 2. The molecule has 0 radical (unpaired) electrons. The fraction of sp³-hybridized carbons (Fsp3) is 0.231. The molecule has 0 amide bonds. The predicted octanol–water partition coefficient (Wildman–Crippen LogP) is 10.0. The minimum atomic E-state index is -0.470. The van der Waals surface area contributed by atoms with Crippen LogP contribution >= 0.6 is 0 Å². The number of para-hydroxylation sites is 2. The van der Waals surface area contributed by atoms with Gasteiger partial charge in [-0.2, -0.15) is 22.3 Å². The van der Waals surface area contributed by atoms with E-state index in [-0.39, 0.29) is 32.9 Å². The molecule has 0 bridgehead atoms. The van der Waals surface area contributed by atoms with E-state index in [9.17, 15) is 0 Å². The molecule has 0 aliphatic carbocycles. The Bertz CT molecular complexity index is 2220. The van der Waals surface area contributed by atoms with E-state index in [1.165, 1.54) is 0 Å². The summed E-state index contributed by atoms with van der Waals surface area (Å²) in [6, 6.07) is 35.7. The Morgan fingerprint density at radius 3 is 1.41 bits per heavy atom. The van der Waals surface area contributed by atoms with Gasteiger partial charge in [0.2, 0.25) is 0 Å². The number of hydrogen-bond acceptors (Lipinski definition) is 4. The first kappa shape index (κ1) is 30.3. The summed E-state index contributed by atoms with van der Waals surface area (Å²) in [5.74, 6) is 0.504. The maximum Gasteiger partial charge on any atom is 2.00 e. The SMILES string of the molecule is CC(C)c1cc(C(C)(C)c2cc(C(C)C)n(-c3[c-]cc4oc5ccccc5c4c3)n2)nn1-c1[c-]cc2oc3ccccc3c2c1.[Pt+2]. The zero-order valence-electron chi connectivity index (χ0n) is 26.7. The Hall–Kier alpha value is -4.41. The van der Waals surface area contributed by atoms with Crippen LogP contribution in [0.2, 0.25) is 0 Å². The van der Waals surface area contributed by atoms with E-state index in [0.717, 1.165) is 78.0 Å². The molecule has 8 aromatic rings. The summed E-state index contributed by atoms with van der Waals surface area (Å²) >= 11 is 0. The minimum absolute atomic E-state index is 0. The summed E-state index contributed by atoms with van der Waals surface area (Å²) in [7, 11) is 0. The van der Waals surface area contributed by atoms with Crippen molar-refractivity contribution in [3.63, 3.8) is 0 Å². The van der Waals surface area contributed by atoms with Crippen LogP contribution < -0.4 is 0 Å². The third-order valence-electron chi connectivity index (χ3n) is 8.98. The molecule has 4 aromatic heterocycles. The van der Waals surface area contributed by atoms with Crippen LogP contribution in [0.5, 0.6) is 0 Å². The van der Waals surface area contributed by atoms with Gasteiger partial charge in [0.25, 0.3) is 0 Å². The molecule has 0 saturated carbocycles. The fourth-order valence-corrected chi connectivity index (χ4v) is 6.30. The standard InChI is InChI=1S/C39H34N4O2.Pt/c1-23(2)31-21-37(40-42(31)25-15-17-35-29(19-25)27-11-7-9-13-33(27)44-35)39(5,6)38-22-32(24(3)4)43(41-38)26-16-18-36-30(20-26)28-12-8-10-14-34(28)45-36;/h7-14,17-24H,1-6H3;/q-2;+2. The molecule has 4 aromatic carbocycles. The third-order valence-corrected chi connectivity index (χ3v) is 8.98. The predicted molar refractivity (Wildman–Crippen MR) is 180 cm³/mol. The van der Waals surface area contributed by atoms with E-state index in [1.54, 1.807) is 0 Å². The first-order valence-electron chi connectivity index (χ1n) is 15.6. The number of hydrogen-bond donors (Lipinski definition) is 0. The summed E-state index contributed by atoms with van der Waals surface area (Å²) in [5, 5.41) is 14.8. The van der Waals surface area contributed by atoms with Crippen molar-refractivity contribution in [2.24, 2.45) is 0 Å². The third kappa shape index (κ3) is 4.73. The molecule has 0 unspecified atom stereocenters. The second-order valence-corrected chi connectivity index (χ2v) is 13.1. The van der Waals surface area contributed by atoms with E-state index in [1.807, 2.05) is 57.9 Å². The van der Waals surface area contributed by atoms with Gasteiger partial charge in [-0.3, -0.25) is 9.36 Å². The Morgan fingerprint density at radius 1 is 0.587 bits per heavy atom. The number of fused-ring (bicyclic) bond motifs is 6. The van der Waals surface area contributed by atoms with Gasteiger partial charge in [-0.05, 0) is 61.3 Å². The zero-order chi connectivity index (χ0) is 31.0. The first-order valence-corrected chi connectivity index (χ1v) is 15.6. The second kappa shape index (κ2) is 11.1. The van der Waals surface area contributed by atoms with Crippen molar-refractivity contribution in [3.05, 3.63) is 120 Å². The van der Waals surface area contributed by atoms with Gasteiger partial charge in [0, 0.05) is 33.3 Å². The van der Waals surface area contributed by atoms with Crippen molar-refractivity contribution in [2.75, 3.05) is 0 Å². The van der Waals surface area contributed by atoms with E-state index >= 15 is 0 Å². The molecule has 4 heterocycles. The maximum atomic E-state index is 6.07. The van der Waals surface area contributed by atoms with Crippen LogP contribution in [0.15, 0.2) is 93.8 Å². The smallest absolute Gasteiger partial charge is 0.516 e. The van der Waals surface area contributed by atoms with Crippen LogP contribution in [0.3, 0.4) is 0 Å². The van der Waals surface area contributed by atoms with Crippen molar-refractivity contribution >= 4 is 43.9 Å². The Balaban J connectivity index is 0.00000338. The monoisotopic (exact) mass is 785 g/mol. The van der Waals surface area contributed by atoms with E-state index in [0.29, 0.717) is 0 Å². The van der Waals surface area contributed by atoms with Crippen LogP contribution in [-0.4, -0.2) is 19.6 Å². The topological polar surface area (TPSA) is 61.9 Å². The van der Waals surface area contributed by atoms with Crippen molar-refractivity contribution in [3.8, 4) is 11.4 Å². The van der Waals surface area contributed by atoms with E-state index in [2.05, 4.69) is 90.1 Å². The van der Waals surface area contributed by atoms with E-state index in [4.69, 9.17) is 19.0 Å². The average Bonchev–Trinajstić information content (AvgIpc) is 3.82. The van der Waals surface area contributed by atoms with Crippen molar-refractivity contribution < 1.29 is 29.9 Å². The Morgan fingerprint density at radius 2 is 1.00 bits per heavy atom. The number of rotatable bonds is 6. The fourth-order valence-electron chi connectivity index (χ4n) is 6.30. The molecule has 0 N–H and O–H groups in total. The summed E-state index contributed by atoms with van der Waals surface area (Å²) in [4.78, 5) is 0. The van der Waals surface area contributed by atoms with Crippen LogP contribution in [0.4, 0.5) is 0 Å². The van der Waals surface area contributed by atoms with Crippen molar-refractivity contribution in [1.29, 1.82) is 0 Å². The molecule has 46 heavy (non-hydrogen) atoms. The summed E-state index contributed by atoms with van der Waals surface area (Å²) < 4.78 is 16.2. The molecule has 0 fully saturated rings. The Kier molecular flexibility index (Phi) is 7.32. The van der Waals surface area contributed by atoms with Gasteiger partial charge < -0.3 is 8.83 Å². The molecule has 0 saturated heterocycles. The van der Waals surface area contributed by atoms with E-state index < -0.39 is 5.41 Å². The molecular weight excluding hydrogens is 752 g/mol. The van der Waals surface area contributed by atoms with Crippen LogP contribution in [-0.2, 0) is 26.5 Å². The number of benzene rings is 4. The molecule has 8 rings (SSSR count). The molecule has 0 aliphatic rings. The normalized spacial score (nSPS) is 12.3. The van der Waals surface area contributed by atoms with Crippen molar-refractivity contribution in [1.82, 2.24) is 19.6 Å². The van der Waals surface area contributed by atoms with Gasteiger partial charge in [0.1, 0.15) is 11.2 Å². The largest absolute Gasteiger partial charge is 2.00 e. The Labute approximate surface area is 282 Å². The number of nitrogens with zero attached hydrogens (tertiary/aromatic N) is 4. The van der Waals surface area contributed by atoms with Gasteiger partial charge in [0.15, 0.2) is 0 Å². The molecule has 0 spiro atoms. The molecule has 0 aliphatic heterocycles. The summed E-state index contributed by atoms with van der Waals surface area (Å²) in [5.41, 5.74) is 8.86. The maximum absolute atomic E-state index is 6.07. The van der Waals surface area contributed by atoms with Gasteiger partial charge in [-0.15, -0.1) is 24.3 Å².